The van der Waals surface area contributed by atoms with Crippen molar-refractivity contribution in [1.29, 1.82) is 0 Å². The average Bonchev–Trinajstić information content (AvgIpc) is 2.38. The van der Waals surface area contributed by atoms with Gasteiger partial charge in [-0.1, -0.05) is 29.3 Å². The summed E-state index contributed by atoms with van der Waals surface area (Å²) in [5, 5.41) is 3.47. The van der Waals surface area contributed by atoms with Gasteiger partial charge in [0.1, 0.15) is 0 Å². The van der Waals surface area contributed by atoms with Gasteiger partial charge in [-0.05, 0) is 51.8 Å². The molecular formula is C14H9BrCl2F3N. The second-order valence-electron chi connectivity index (χ2n) is 4.33. The van der Waals surface area contributed by atoms with Gasteiger partial charge < -0.3 is 5.32 Å². The van der Waals surface area contributed by atoms with E-state index in [-0.39, 0.29) is 5.02 Å². The van der Waals surface area contributed by atoms with Crippen LogP contribution in [0.2, 0.25) is 10.0 Å². The van der Waals surface area contributed by atoms with Crippen LogP contribution in [0.3, 0.4) is 0 Å². The molecule has 0 saturated carbocycles. The minimum atomic E-state index is -4.43. The molecule has 1 nitrogen and oxygen atoms in total. The first-order chi connectivity index (χ1) is 9.75. The van der Waals surface area contributed by atoms with Crippen LogP contribution in [-0.4, -0.2) is 0 Å². The van der Waals surface area contributed by atoms with Gasteiger partial charge in [0, 0.05) is 21.7 Å². The summed E-state index contributed by atoms with van der Waals surface area (Å²) in [4.78, 5) is 0. The van der Waals surface area contributed by atoms with Gasteiger partial charge in [0.15, 0.2) is 0 Å². The fourth-order valence-corrected chi connectivity index (χ4v) is 2.39. The molecule has 0 aliphatic rings. The van der Waals surface area contributed by atoms with Gasteiger partial charge in [0.05, 0.1) is 10.6 Å². The van der Waals surface area contributed by atoms with Crippen molar-refractivity contribution in [2.75, 3.05) is 5.32 Å². The van der Waals surface area contributed by atoms with Crippen LogP contribution in [0.15, 0.2) is 40.9 Å². The van der Waals surface area contributed by atoms with E-state index in [9.17, 15) is 13.2 Å². The number of hydrogen-bond acceptors (Lipinski definition) is 1. The Morgan fingerprint density at radius 1 is 1.05 bits per heavy atom. The molecule has 21 heavy (non-hydrogen) atoms. The lowest BCUT2D eigenvalue weighted by Crippen LogP contribution is -2.06. The van der Waals surface area contributed by atoms with Gasteiger partial charge in [-0.25, -0.2) is 0 Å². The summed E-state index contributed by atoms with van der Waals surface area (Å²) in [5.74, 6) is 0. The molecule has 0 bridgehead atoms. The van der Waals surface area contributed by atoms with Crippen LogP contribution in [0, 0.1) is 0 Å². The van der Waals surface area contributed by atoms with Crippen LogP contribution in [0.5, 0.6) is 0 Å². The van der Waals surface area contributed by atoms with Gasteiger partial charge in [0.25, 0.3) is 0 Å². The highest BCUT2D eigenvalue weighted by atomic mass is 79.9. The Kier molecular flexibility index (Phi) is 5.07. The average molecular weight is 399 g/mol. The predicted octanol–water partition coefficient (Wildman–Crippen LogP) is 6.39. The van der Waals surface area contributed by atoms with Crippen molar-refractivity contribution in [3.05, 3.63) is 62.0 Å². The zero-order valence-corrected chi connectivity index (χ0v) is 13.5. The molecule has 0 unspecified atom stereocenters. The highest BCUT2D eigenvalue weighted by Gasteiger charge is 2.31. The van der Waals surface area contributed by atoms with Crippen LogP contribution in [-0.2, 0) is 12.7 Å². The summed E-state index contributed by atoms with van der Waals surface area (Å²) in [6.45, 7) is 0.338. The van der Waals surface area contributed by atoms with E-state index in [1.54, 1.807) is 12.1 Å². The summed E-state index contributed by atoms with van der Waals surface area (Å²) in [7, 11) is 0. The number of hydrogen-bond donors (Lipinski definition) is 1. The SMILES string of the molecule is FC(F)(F)c1cc(Cl)cc(NCc2ccc(Br)c(Cl)c2)c1. The van der Waals surface area contributed by atoms with Crippen LogP contribution in [0.4, 0.5) is 18.9 Å². The number of nitrogens with one attached hydrogen (secondary N) is 1. The lowest BCUT2D eigenvalue weighted by atomic mass is 10.1. The first-order valence-electron chi connectivity index (χ1n) is 5.81. The topological polar surface area (TPSA) is 12.0 Å². The molecule has 0 aliphatic carbocycles. The molecule has 112 valence electrons. The number of halogens is 6. The molecule has 0 heterocycles. The van der Waals surface area contributed by atoms with Crippen LogP contribution >= 0.6 is 39.1 Å². The molecule has 0 aromatic heterocycles. The Labute approximate surface area is 138 Å². The number of anilines is 1. The monoisotopic (exact) mass is 397 g/mol. The summed E-state index contributed by atoms with van der Waals surface area (Å²) in [5.41, 5.74) is 0.358. The van der Waals surface area contributed by atoms with E-state index in [0.29, 0.717) is 17.3 Å². The van der Waals surface area contributed by atoms with Crippen LogP contribution in [0.1, 0.15) is 11.1 Å². The van der Waals surface area contributed by atoms with Gasteiger partial charge in [-0.15, -0.1) is 0 Å². The summed E-state index contributed by atoms with van der Waals surface area (Å²) in [6, 6.07) is 8.68. The lowest BCUT2D eigenvalue weighted by Gasteiger charge is -2.12. The third kappa shape index (κ3) is 4.53. The van der Waals surface area contributed by atoms with Crippen molar-refractivity contribution in [2.45, 2.75) is 12.7 Å². The van der Waals surface area contributed by atoms with E-state index in [1.807, 2.05) is 6.07 Å². The normalized spacial score (nSPS) is 11.5. The van der Waals surface area contributed by atoms with E-state index >= 15 is 0 Å². The molecule has 0 spiro atoms. The zero-order valence-electron chi connectivity index (χ0n) is 10.4. The van der Waals surface area contributed by atoms with Crippen molar-refractivity contribution in [1.82, 2.24) is 0 Å². The van der Waals surface area contributed by atoms with E-state index < -0.39 is 11.7 Å². The second kappa shape index (κ2) is 6.46. The number of alkyl halides is 3. The fraction of sp³-hybridized carbons (Fsp3) is 0.143. The second-order valence-corrected chi connectivity index (χ2v) is 6.03. The third-order valence-electron chi connectivity index (χ3n) is 2.71. The van der Waals surface area contributed by atoms with Gasteiger partial charge >= 0.3 is 6.18 Å². The number of rotatable bonds is 3. The van der Waals surface area contributed by atoms with E-state index in [4.69, 9.17) is 23.2 Å². The quantitative estimate of drug-likeness (QED) is 0.631. The molecule has 0 amide bonds. The van der Waals surface area contributed by atoms with Crippen molar-refractivity contribution in [3.8, 4) is 0 Å². The molecule has 2 aromatic carbocycles. The number of benzene rings is 2. The van der Waals surface area contributed by atoms with E-state index in [2.05, 4.69) is 21.2 Å². The summed E-state index contributed by atoms with van der Waals surface area (Å²) >= 11 is 14.9. The summed E-state index contributed by atoms with van der Waals surface area (Å²) in [6.07, 6.45) is -4.43. The Morgan fingerprint density at radius 3 is 2.38 bits per heavy atom. The molecular weight excluding hydrogens is 390 g/mol. The Bertz CT molecular complexity index is 659. The maximum Gasteiger partial charge on any atom is 0.416 e. The molecule has 0 radical (unpaired) electrons. The van der Waals surface area contributed by atoms with Crippen molar-refractivity contribution in [3.63, 3.8) is 0 Å². The maximum atomic E-state index is 12.7. The van der Waals surface area contributed by atoms with Gasteiger partial charge in [-0.2, -0.15) is 13.2 Å². The van der Waals surface area contributed by atoms with Gasteiger partial charge in [-0.3, -0.25) is 0 Å². The Morgan fingerprint density at radius 2 is 1.76 bits per heavy atom. The predicted molar refractivity (Wildman–Crippen MR) is 82.9 cm³/mol. The highest BCUT2D eigenvalue weighted by molar-refractivity contribution is 9.10. The molecule has 0 atom stereocenters. The minimum absolute atomic E-state index is 0.0289. The molecule has 0 aliphatic heterocycles. The Hall–Kier alpha value is -0.910. The molecule has 7 heteroatoms. The molecule has 2 rings (SSSR count). The first-order valence-corrected chi connectivity index (χ1v) is 7.36. The fourth-order valence-electron chi connectivity index (χ4n) is 1.71. The van der Waals surface area contributed by atoms with Crippen LogP contribution in [0.25, 0.3) is 0 Å². The van der Waals surface area contributed by atoms with Gasteiger partial charge in [0.2, 0.25) is 0 Å². The van der Waals surface area contributed by atoms with Crippen LogP contribution < -0.4 is 5.32 Å². The van der Waals surface area contributed by atoms with Crippen molar-refractivity contribution >= 4 is 44.8 Å². The van der Waals surface area contributed by atoms with Crippen molar-refractivity contribution < 1.29 is 13.2 Å². The Balaban J connectivity index is 2.16. The first kappa shape index (κ1) is 16.5. The molecule has 0 fully saturated rings. The molecule has 1 N–H and O–H groups in total. The maximum absolute atomic E-state index is 12.7. The molecule has 0 saturated heterocycles. The third-order valence-corrected chi connectivity index (χ3v) is 4.16. The largest absolute Gasteiger partial charge is 0.416 e. The lowest BCUT2D eigenvalue weighted by molar-refractivity contribution is -0.137. The van der Waals surface area contributed by atoms with E-state index in [0.717, 1.165) is 22.2 Å². The standard InChI is InChI=1S/C14H9BrCl2F3N/c15-12-2-1-8(3-13(12)17)7-21-11-5-9(14(18,19)20)4-10(16)6-11/h1-6,21H,7H2. The molecule has 2 aromatic rings. The zero-order chi connectivity index (χ0) is 15.6. The minimum Gasteiger partial charge on any atom is -0.381 e. The smallest absolute Gasteiger partial charge is 0.381 e. The highest BCUT2D eigenvalue weighted by Crippen LogP contribution is 2.33. The summed E-state index contributed by atoms with van der Waals surface area (Å²) < 4.78 is 38.9. The van der Waals surface area contributed by atoms with E-state index in [1.165, 1.54) is 6.07 Å². The van der Waals surface area contributed by atoms with Crippen molar-refractivity contribution in [2.24, 2.45) is 0 Å².